The van der Waals surface area contributed by atoms with Gasteiger partial charge in [0.1, 0.15) is 5.25 Å². The molecule has 0 bridgehead atoms. The number of carbonyl (C=O) groups is 1. The summed E-state index contributed by atoms with van der Waals surface area (Å²) in [7, 11) is 0. The zero-order valence-corrected chi connectivity index (χ0v) is 11.8. The first-order valence-electron chi connectivity index (χ1n) is 6.05. The van der Waals surface area contributed by atoms with Gasteiger partial charge in [-0.3, -0.25) is 0 Å². The highest BCUT2D eigenvalue weighted by atomic mass is 32.2. The van der Waals surface area contributed by atoms with E-state index in [-0.39, 0.29) is 12.2 Å². The Hall–Kier alpha value is -1.43. The topological polar surface area (TPSA) is 26.3 Å². The lowest BCUT2D eigenvalue weighted by Crippen LogP contribution is -2.33. The third kappa shape index (κ3) is 3.00. The van der Waals surface area contributed by atoms with Crippen LogP contribution in [0, 0.1) is 6.92 Å². The normalized spacial score (nSPS) is 18.2. The molecule has 0 N–H and O–H groups in total. The van der Waals surface area contributed by atoms with Crippen LogP contribution in [0.5, 0.6) is 0 Å². The third-order valence-corrected chi connectivity index (χ3v) is 4.19. The second kappa shape index (κ2) is 5.52. The molecular weight excluding hydrogens is 289 g/mol. The Bertz CT molecular complexity index is 564. The highest BCUT2D eigenvalue weighted by Crippen LogP contribution is 2.45. The predicted octanol–water partition coefficient (Wildman–Crippen LogP) is 3.98. The first kappa shape index (κ1) is 15.0. The molecule has 2 nitrogen and oxygen atoms in total. The molecule has 1 aliphatic rings. The van der Waals surface area contributed by atoms with E-state index in [9.17, 15) is 18.0 Å². The van der Waals surface area contributed by atoms with E-state index in [1.165, 1.54) is 6.08 Å². The average molecular weight is 302 g/mol. The van der Waals surface area contributed by atoms with Gasteiger partial charge in [-0.2, -0.15) is 13.2 Å². The van der Waals surface area contributed by atoms with Gasteiger partial charge in [0.05, 0.1) is 12.2 Å². The molecule has 1 aromatic rings. The molecule has 0 amide bonds. The maximum absolute atomic E-state index is 13.1. The van der Waals surface area contributed by atoms with Crippen molar-refractivity contribution >= 4 is 23.8 Å². The maximum Gasteiger partial charge on any atom is 0.405 e. The van der Waals surface area contributed by atoms with Crippen LogP contribution in [0.25, 0.3) is 6.08 Å². The van der Waals surface area contributed by atoms with Gasteiger partial charge in [0.25, 0.3) is 0 Å². The third-order valence-electron chi connectivity index (χ3n) is 2.81. The Morgan fingerprint density at radius 1 is 1.40 bits per heavy atom. The molecule has 1 aromatic carbocycles. The van der Waals surface area contributed by atoms with Crippen LogP contribution in [0.15, 0.2) is 28.7 Å². The number of ether oxygens (including phenoxy) is 1. The highest BCUT2D eigenvalue weighted by molar-refractivity contribution is 8.00. The first-order valence-corrected chi connectivity index (χ1v) is 6.93. The number of carbonyl (C=O) groups excluding carboxylic acids is 1. The second-order valence-electron chi connectivity index (χ2n) is 4.40. The minimum Gasteiger partial charge on any atom is -0.463 e. The van der Waals surface area contributed by atoms with E-state index in [4.69, 9.17) is 4.74 Å². The van der Waals surface area contributed by atoms with Crippen molar-refractivity contribution in [2.24, 2.45) is 0 Å². The van der Waals surface area contributed by atoms with Gasteiger partial charge in [-0.25, -0.2) is 4.79 Å². The fourth-order valence-electron chi connectivity index (χ4n) is 1.95. The number of aryl methyl sites for hydroxylation is 1. The Morgan fingerprint density at radius 3 is 2.70 bits per heavy atom. The van der Waals surface area contributed by atoms with Crippen LogP contribution in [0.3, 0.4) is 0 Å². The number of hydrogen-bond acceptors (Lipinski definition) is 3. The van der Waals surface area contributed by atoms with Gasteiger partial charge in [-0.1, -0.05) is 17.7 Å². The number of rotatable bonds is 2. The molecule has 108 valence electrons. The maximum atomic E-state index is 13.1. The van der Waals surface area contributed by atoms with E-state index in [2.05, 4.69) is 0 Å². The SMILES string of the molecule is CCOC(=O)C1=Cc2cc(C)ccc2SC1C(F)(F)F. The Kier molecular flexibility index (Phi) is 4.13. The van der Waals surface area contributed by atoms with Gasteiger partial charge in [0, 0.05) is 4.90 Å². The fraction of sp³-hybridized carbons (Fsp3) is 0.357. The molecule has 0 spiro atoms. The van der Waals surface area contributed by atoms with E-state index >= 15 is 0 Å². The van der Waals surface area contributed by atoms with Crippen molar-refractivity contribution in [2.75, 3.05) is 6.61 Å². The molecule has 0 fully saturated rings. The fourth-order valence-corrected chi connectivity index (χ4v) is 3.02. The summed E-state index contributed by atoms with van der Waals surface area (Å²) in [4.78, 5) is 12.3. The van der Waals surface area contributed by atoms with Crippen LogP contribution in [-0.2, 0) is 9.53 Å². The molecule has 0 saturated carbocycles. The van der Waals surface area contributed by atoms with Gasteiger partial charge in [0.2, 0.25) is 0 Å². The molecule has 1 unspecified atom stereocenters. The van der Waals surface area contributed by atoms with E-state index in [0.717, 1.165) is 5.56 Å². The molecule has 20 heavy (non-hydrogen) atoms. The van der Waals surface area contributed by atoms with Crippen molar-refractivity contribution in [1.29, 1.82) is 0 Å². The van der Waals surface area contributed by atoms with Crippen LogP contribution in [0.2, 0.25) is 0 Å². The number of thioether (sulfide) groups is 1. The van der Waals surface area contributed by atoms with Crippen LogP contribution < -0.4 is 0 Å². The quantitative estimate of drug-likeness (QED) is 0.773. The molecule has 0 radical (unpaired) electrons. The van der Waals surface area contributed by atoms with Crippen molar-refractivity contribution in [1.82, 2.24) is 0 Å². The first-order chi connectivity index (χ1) is 9.32. The lowest BCUT2D eigenvalue weighted by molar-refractivity contribution is -0.145. The molecule has 1 heterocycles. The highest BCUT2D eigenvalue weighted by Gasteiger charge is 2.47. The molecule has 6 heteroatoms. The molecule has 1 aliphatic heterocycles. The number of benzene rings is 1. The van der Waals surface area contributed by atoms with Crippen molar-refractivity contribution < 1.29 is 22.7 Å². The van der Waals surface area contributed by atoms with E-state index in [1.807, 2.05) is 6.92 Å². The van der Waals surface area contributed by atoms with Crippen molar-refractivity contribution in [3.63, 3.8) is 0 Å². The van der Waals surface area contributed by atoms with E-state index in [0.29, 0.717) is 22.2 Å². The van der Waals surface area contributed by atoms with Crippen LogP contribution in [0.4, 0.5) is 13.2 Å². The van der Waals surface area contributed by atoms with Crippen molar-refractivity contribution in [2.45, 2.75) is 30.2 Å². The monoisotopic (exact) mass is 302 g/mol. The second-order valence-corrected chi connectivity index (χ2v) is 5.55. The van der Waals surface area contributed by atoms with Crippen LogP contribution in [0.1, 0.15) is 18.1 Å². The summed E-state index contributed by atoms with van der Waals surface area (Å²) in [6.45, 7) is 3.46. The van der Waals surface area contributed by atoms with Gasteiger partial charge in [0.15, 0.2) is 0 Å². The molecule has 0 aliphatic carbocycles. The van der Waals surface area contributed by atoms with Gasteiger partial charge < -0.3 is 4.74 Å². The zero-order chi connectivity index (χ0) is 14.9. The smallest absolute Gasteiger partial charge is 0.405 e. The Labute approximate surface area is 119 Å². The summed E-state index contributed by atoms with van der Waals surface area (Å²) in [5, 5.41) is -1.88. The minimum absolute atomic E-state index is 0.0477. The summed E-state index contributed by atoms with van der Waals surface area (Å²) in [5.41, 5.74) is 1.20. The summed E-state index contributed by atoms with van der Waals surface area (Å²) < 4.78 is 44.0. The number of alkyl halides is 3. The van der Waals surface area contributed by atoms with Gasteiger partial charge in [-0.15, -0.1) is 11.8 Å². The molecule has 2 rings (SSSR count). The summed E-state index contributed by atoms with van der Waals surface area (Å²) in [6, 6.07) is 5.16. The zero-order valence-electron chi connectivity index (χ0n) is 11.0. The predicted molar refractivity (Wildman–Crippen MR) is 71.5 cm³/mol. The standard InChI is InChI=1S/C14H13F3O2S/c1-3-19-13(18)10-7-9-6-8(2)4-5-11(9)20-12(10)14(15,16)17/h4-7,12H,3H2,1-2H3. The minimum atomic E-state index is -4.49. The lowest BCUT2D eigenvalue weighted by atomic mass is 10.0. The van der Waals surface area contributed by atoms with Gasteiger partial charge in [-0.05, 0) is 31.6 Å². The molecular formula is C14H13F3O2S. The Morgan fingerprint density at radius 2 is 2.10 bits per heavy atom. The molecule has 0 saturated heterocycles. The number of fused-ring (bicyclic) bond motifs is 1. The van der Waals surface area contributed by atoms with Crippen molar-refractivity contribution in [3.8, 4) is 0 Å². The molecule has 1 atom stereocenters. The van der Waals surface area contributed by atoms with E-state index < -0.39 is 17.4 Å². The largest absolute Gasteiger partial charge is 0.463 e. The average Bonchev–Trinajstić information content (AvgIpc) is 2.36. The number of hydrogen-bond donors (Lipinski definition) is 0. The van der Waals surface area contributed by atoms with E-state index in [1.54, 1.807) is 25.1 Å². The Balaban J connectivity index is 2.48. The van der Waals surface area contributed by atoms with Crippen molar-refractivity contribution in [3.05, 3.63) is 34.9 Å². The van der Waals surface area contributed by atoms with Gasteiger partial charge >= 0.3 is 12.1 Å². The number of halogens is 3. The van der Waals surface area contributed by atoms with Crippen LogP contribution >= 0.6 is 11.8 Å². The summed E-state index contributed by atoms with van der Waals surface area (Å²) in [5.74, 6) is -0.908. The van der Waals surface area contributed by atoms with Crippen LogP contribution in [-0.4, -0.2) is 24.0 Å². The number of esters is 1. The lowest BCUT2D eigenvalue weighted by Gasteiger charge is -2.26. The summed E-state index contributed by atoms with van der Waals surface area (Å²) >= 11 is 0.641. The molecule has 0 aromatic heterocycles. The summed E-state index contributed by atoms with van der Waals surface area (Å²) in [6.07, 6.45) is -3.21.